The summed E-state index contributed by atoms with van der Waals surface area (Å²) in [5.41, 5.74) is 0. The Hall–Kier alpha value is -2.39. The van der Waals surface area contributed by atoms with Crippen molar-refractivity contribution in [1.29, 1.82) is 0 Å². The highest BCUT2D eigenvalue weighted by atomic mass is 35.5. The first-order valence-corrected chi connectivity index (χ1v) is 8.25. The van der Waals surface area contributed by atoms with Gasteiger partial charge in [0.1, 0.15) is 5.02 Å². The summed E-state index contributed by atoms with van der Waals surface area (Å²) in [6.07, 6.45) is -1.07. The molecule has 11 heteroatoms. The zero-order chi connectivity index (χ0) is 21.0. The van der Waals surface area contributed by atoms with Gasteiger partial charge in [0, 0.05) is 12.8 Å². The highest BCUT2D eigenvalue weighted by Gasteiger charge is 2.28. The van der Waals surface area contributed by atoms with E-state index < -0.39 is 53.2 Å². The van der Waals surface area contributed by atoms with Crippen molar-refractivity contribution in [2.24, 2.45) is 0 Å². The maximum atomic E-state index is 13.4. The molecule has 0 saturated heterocycles. The Morgan fingerprint density at radius 1 is 0.786 bits per heavy atom. The molecule has 0 bridgehead atoms. The predicted octanol–water partition coefficient (Wildman–Crippen LogP) is 5.37. The van der Waals surface area contributed by atoms with Crippen molar-refractivity contribution in [2.75, 3.05) is 0 Å². The van der Waals surface area contributed by atoms with Crippen LogP contribution in [-0.4, -0.2) is 11.9 Å². The average Bonchev–Trinajstić information content (AvgIpc) is 2.65. The summed E-state index contributed by atoms with van der Waals surface area (Å²) in [7, 11) is 0. The van der Waals surface area contributed by atoms with Gasteiger partial charge in [0.15, 0.2) is 5.75 Å². The van der Waals surface area contributed by atoms with Crippen LogP contribution in [0.3, 0.4) is 0 Å². The Morgan fingerprint density at radius 2 is 1.29 bits per heavy atom. The van der Waals surface area contributed by atoms with Crippen LogP contribution in [0.2, 0.25) is 10.0 Å². The molecule has 0 atom stereocenters. The Labute approximate surface area is 164 Å². The van der Waals surface area contributed by atoms with E-state index in [1.807, 2.05) is 0 Å². The molecule has 0 amide bonds. The quantitative estimate of drug-likeness (QED) is 0.198. The molecular weight excluding hydrogens is 434 g/mol. The highest BCUT2D eigenvalue weighted by molar-refractivity contribution is 6.43. The fourth-order valence-electron chi connectivity index (χ4n) is 1.95. The molecule has 0 radical (unpaired) electrons. The van der Waals surface area contributed by atoms with Crippen molar-refractivity contribution in [3.8, 4) is 11.5 Å². The van der Waals surface area contributed by atoms with Gasteiger partial charge in [-0.25, -0.2) is 13.2 Å². The highest BCUT2D eigenvalue weighted by Crippen LogP contribution is 2.32. The molecule has 2 aromatic rings. The first kappa shape index (κ1) is 21.9. The normalized spacial score (nSPS) is 10.7. The summed E-state index contributed by atoms with van der Waals surface area (Å²) in [6, 6.07) is 4.33. The van der Waals surface area contributed by atoms with Gasteiger partial charge in [0.2, 0.25) is 34.8 Å². The monoisotopic (exact) mass is 442 g/mol. The largest absolute Gasteiger partial charge is 0.425 e. The summed E-state index contributed by atoms with van der Waals surface area (Å²) in [4.78, 5) is 23.3. The summed E-state index contributed by atoms with van der Waals surface area (Å²) in [6.45, 7) is 0. The number of ether oxygens (including phenoxy) is 2. The van der Waals surface area contributed by atoms with E-state index >= 15 is 0 Å². The topological polar surface area (TPSA) is 52.6 Å². The molecule has 4 nitrogen and oxygen atoms in total. The van der Waals surface area contributed by atoms with Gasteiger partial charge in [-0.2, -0.15) is 8.78 Å². The molecule has 28 heavy (non-hydrogen) atoms. The molecule has 0 aliphatic carbocycles. The number of halogens is 7. The van der Waals surface area contributed by atoms with Gasteiger partial charge in [0.05, 0.1) is 5.02 Å². The minimum absolute atomic E-state index is 0.00300. The lowest BCUT2D eigenvalue weighted by molar-refractivity contribution is -0.136. The fraction of sp³-hybridized carbons (Fsp3) is 0.176. The van der Waals surface area contributed by atoms with Crippen LogP contribution in [-0.2, 0) is 9.59 Å². The molecule has 0 spiro atoms. The minimum Gasteiger partial charge on any atom is -0.425 e. The Kier molecular flexibility index (Phi) is 7.20. The van der Waals surface area contributed by atoms with E-state index in [0.29, 0.717) is 0 Å². The van der Waals surface area contributed by atoms with Crippen molar-refractivity contribution < 1.29 is 41.0 Å². The molecule has 2 rings (SSSR count). The van der Waals surface area contributed by atoms with Gasteiger partial charge >= 0.3 is 11.9 Å². The molecule has 0 saturated carbocycles. The van der Waals surface area contributed by atoms with Crippen LogP contribution in [0.5, 0.6) is 11.5 Å². The summed E-state index contributed by atoms with van der Waals surface area (Å²) in [5, 5.41) is 0.154. The molecule has 150 valence electrons. The lowest BCUT2D eigenvalue weighted by Crippen LogP contribution is -2.14. The standard InChI is InChI=1S/C17H9Cl2F5O4/c18-7-3-1-4-8(11(7)19)27-9(25)5-2-6-10(26)28-17-15(23)13(21)12(20)14(22)16(17)24/h1,3-4H,2,5-6H2. The lowest BCUT2D eigenvalue weighted by Gasteiger charge is -2.09. The Balaban J connectivity index is 1.92. The third-order valence-electron chi connectivity index (χ3n) is 3.29. The van der Waals surface area contributed by atoms with Gasteiger partial charge in [-0.3, -0.25) is 9.59 Å². The number of rotatable bonds is 6. The van der Waals surface area contributed by atoms with E-state index in [-0.39, 0.29) is 28.6 Å². The number of esters is 2. The number of hydrogen-bond acceptors (Lipinski definition) is 4. The molecular formula is C17H9Cl2F5O4. The van der Waals surface area contributed by atoms with Crippen LogP contribution < -0.4 is 9.47 Å². The second-order valence-corrected chi connectivity index (χ2v) is 6.04. The van der Waals surface area contributed by atoms with Gasteiger partial charge in [-0.1, -0.05) is 29.3 Å². The van der Waals surface area contributed by atoms with E-state index in [1.165, 1.54) is 18.2 Å². The van der Waals surface area contributed by atoms with Gasteiger partial charge < -0.3 is 9.47 Å². The van der Waals surface area contributed by atoms with Gasteiger partial charge in [0.25, 0.3) is 0 Å². The number of benzene rings is 2. The zero-order valence-electron chi connectivity index (χ0n) is 13.6. The number of carbonyl (C=O) groups is 2. The van der Waals surface area contributed by atoms with Crippen molar-refractivity contribution in [1.82, 2.24) is 0 Å². The SMILES string of the molecule is O=C(CCCC(=O)Oc1c(F)c(F)c(F)c(F)c1F)Oc1cccc(Cl)c1Cl. The second-order valence-electron chi connectivity index (χ2n) is 5.25. The second kappa shape index (κ2) is 9.20. The molecule has 2 aromatic carbocycles. The van der Waals surface area contributed by atoms with Crippen molar-refractivity contribution in [3.63, 3.8) is 0 Å². The maximum Gasteiger partial charge on any atom is 0.311 e. The Morgan fingerprint density at radius 3 is 1.86 bits per heavy atom. The summed E-state index contributed by atoms with van der Waals surface area (Å²) >= 11 is 11.6. The molecule has 0 unspecified atom stereocenters. The van der Waals surface area contributed by atoms with Crippen LogP contribution in [0, 0.1) is 29.1 Å². The van der Waals surface area contributed by atoms with Crippen LogP contribution in [0.4, 0.5) is 22.0 Å². The van der Waals surface area contributed by atoms with Crippen molar-refractivity contribution >= 4 is 35.1 Å². The van der Waals surface area contributed by atoms with Crippen molar-refractivity contribution in [3.05, 3.63) is 57.3 Å². The fourth-order valence-corrected chi connectivity index (χ4v) is 2.28. The van der Waals surface area contributed by atoms with Crippen LogP contribution in [0.1, 0.15) is 19.3 Å². The number of hydrogen-bond donors (Lipinski definition) is 0. The number of carbonyl (C=O) groups excluding carboxylic acids is 2. The van der Waals surface area contributed by atoms with Crippen molar-refractivity contribution in [2.45, 2.75) is 19.3 Å². The molecule has 0 heterocycles. The van der Waals surface area contributed by atoms with E-state index in [0.717, 1.165) is 0 Å². The third-order valence-corrected chi connectivity index (χ3v) is 4.09. The van der Waals surface area contributed by atoms with E-state index in [4.69, 9.17) is 27.9 Å². The smallest absolute Gasteiger partial charge is 0.311 e. The summed E-state index contributed by atoms with van der Waals surface area (Å²) in [5.74, 6) is -15.3. The molecule has 0 aromatic heterocycles. The molecule has 0 fully saturated rings. The van der Waals surface area contributed by atoms with E-state index in [1.54, 1.807) is 0 Å². The van der Waals surface area contributed by atoms with E-state index in [2.05, 4.69) is 4.74 Å². The Bertz CT molecular complexity index is 907. The van der Waals surface area contributed by atoms with E-state index in [9.17, 15) is 31.5 Å². The summed E-state index contributed by atoms with van der Waals surface area (Å²) < 4.78 is 75.0. The van der Waals surface area contributed by atoms with Crippen LogP contribution in [0.15, 0.2) is 18.2 Å². The predicted molar refractivity (Wildman–Crippen MR) is 87.8 cm³/mol. The third kappa shape index (κ3) is 4.90. The zero-order valence-corrected chi connectivity index (χ0v) is 15.1. The molecule has 0 N–H and O–H groups in total. The minimum atomic E-state index is -2.38. The molecule has 0 aliphatic heterocycles. The van der Waals surface area contributed by atoms with Gasteiger partial charge in [-0.05, 0) is 18.6 Å². The van der Waals surface area contributed by atoms with Gasteiger partial charge in [-0.15, -0.1) is 0 Å². The van der Waals surface area contributed by atoms with Crippen LogP contribution >= 0.6 is 23.2 Å². The maximum absolute atomic E-state index is 13.4. The average molecular weight is 443 g/mol. The first-order chi connectivity index (χ1) is 13.1. The lowest BCUT2D eigenvalue weighted by atomic mass is 10.2. The molecule has 0 aliphatic rings. The first-order valence-electron chi connectivity index (χ1n) is 7.50. The van der Waals surface area contributed by atoms with Crippen LogP contribution in [0.25, 0.3) is 0 Å².